The second-order valence-electron chi connectivity index (χ2n) is 10.3. The number of fused-ring (bicyclic) bond motifs is 4. The second kappa shape index (κ2) is 8.40. The number of furan rings is 1. The summed E-state index contributed by atoms with van der Waals surface area (Å²) in [6.45, 7) is 3.36. The predicted molar refractivity (Wildman–Crippen MR) is 139 cm³/mol. The van der Waals surface area contributed by atoms with E-state index in [1.807, 2.05) is 6.08 Å². The molecule has 10 heteroatoms. The van der Waals surface area contributed by atoms with Crippen molar-refractivity contribution < 1.29 is 28.7 Å². The van der Waals surface area contributed by atoms with Gasteiger partial charge in [0, 0.05) is 7.05 Å². The summed E-state index contributed by atoms with van der Waals surface area (Å²) in [5.74, 6) is -4.57. The lowest BCUT2D eigenvalue weighted by molar-refractivity contribution is -0.138. The molecule has 4 amide bonds. The Kier molecular flexibility index (Phi) is 5.55. The van der Waals surface area contributed by atoms with Gasteiger partial charge in [0.05, 0.1) is 23.4 Å². The maximum absolute atomic E-state index is 13.9. The maximum Gasteiger partial charge on any atom is 0.253 e. The van der Waals surface area contributed by atoms with Crippen molar-refractivity contribution in [3.05, 3.63) is 71.7 Å². The molecule has 1 saturated carbocycles. The van der Waals surface area contributed by atoms with Crippen molar-refractivity contribution in [2.24, 2.45) is 17.8 Å². The molecule has 2 aromatic rings. The number of carbonyl (C=O) groups is 4. The fourth-order valence-electron chi connectivity index (χ4n) is 6.70. The van der Waals surface area contributed by atoms with Crippen LogP contribution in [-0.2, 0) is 25.8 Å². The number of halogens is 2. The second-order valence-corrected chi connectivity index (χ2v) is 11.5. The number of anilines is 1. The molecule has 0 spiro atoms. The van der Waals surface area contributed by atoms with Gasteiger partial charge in [0.15, 0.2) is 9.75 Å². The van der Waals surface area contributed by atoms with Gasteiger partial charge in [-0.3, -0.25) is 29.0 Å². The zero-order valence-electron chi connectivity index (χ0n) is 20.4. The summed E-state index contributed by atoms with van der Waals surface area (Å²) < 4.78 is 5.84. The molecule has 6 rings (SSSR count). The normalized spacial score (nSPS) is 34.3. The summed E-state index contributed by atoms with van der Waals surface area (Å²) in [6.07, 6.45) is 3.67. The average Bonchev–Trinajstić information content (AvgIpc) is 3.53. The number of hydrogen-bond acceptors (Lipinski definition) is 6. The van der Waals surface area contributed by atoms with Crippen LogP contribution in [0.15, 0.2) is 59.0 Å². The molecule has 8 nitrogen and oxygen atoms in total. The Morgan fingerprint density at radius 3 is 2.39 bits per heavy atom. The Bertz CT molecular complexity index is 1450. The number of aliphatic hydroxyl groups excluding tert-OH is 1. The first-order valence-electron chi connectivity index (χ1n) is 12.3. The highest BCUT2D eigenvalue weighted by molar-refractivity contribution is 6.53. The van der Waals surface area contributed by atoms with Crippen molar-refractivity contribution in [1.82, 2.24) is 4.90 Å². The number of amides is 4. The lowest BCUT2D eigenvalue weighted by Crippen LogP contribution is -2.60. The summed E-state index contributed by atoms with van der Waals surface area (Å²) in [7, 11) is 1.33. The summed E-state index contributed by atoms with van der Waals surface area (Å²) in [6, 6.07) is 10.1. The minimum Gasteiger partial charge on any atom is -0.463 e. The number of likely N-dealkylation sites (tertiary alicyclic amines) is 1. The van der Waals surface area contributed by atoms with Gasteiger partial charge < -0.3 is 9.52 Å². The molecule has 0 unspecified atom stereocenters. The van der Waals surface area contributed by atoms with Gasteiger partial charge in [0.2, 0.25) is 11.8 Å². The van der Waals surface area contributed by atoms with E-state index in [4.69, 9.17) is 27.6 Å². The Morgan fingerprint density at radius 2 is 1.76 bits per heavy atom. The molecule has 1 aromatic heterocycles. The molecular formula is C28H24Cl2N2O6. The number of allylic oxidation sites excluding steroid dienone is 2. The van der Waals surface area contributed by atoms with Gasteiger partial charge in [0.25, 0.3) is 11.8 Å². The van der Waals surface area contributed by atoms with Gasteiger partial charge in [-0.25, -0.2) is 0 Å². The van der Waals surface area contributed by atoms with Crippen LogP contribution in [0, 0.1) is 17.8 Å². The number of benzene rings is 1. The van der Waals surface area contributed by atoms with Gasteiger partial charge in [-0.15, -0.1) is 23.2 Å². The third-order valence-corrected chi connectivity index (χ3v) is 9.94. The highest BCUT2D eigenvalue weighted by Gasteiger charge is 2.76. The van der Waals surface area contributed by atoms with Crippen LogP contribution in [0.5, 0.6) is 0 Å². The Morgan fingerprint density at radius 1 is 1.05 bits per heavy atom. The van der Waals surface area contributed by atoms with E-state index in [0.29, 0.717) is 11.3 Å². The lowest BCUT2D eigenvalue weighted by atomic mass is 9.57. The highest BCUT2D eigenvalue weighted by atomic mass is 35.5. The number of imide groups is 2. The standard InChI is InChI=1S/C28H24Cl2N2O6/c1-3-14-4-6-15(7-5-14)32-23(34)18-10-9-17-19(21(18)24(32)35)12-27(29)25(36)31(2)26(37)28(27,30)22(17)20-11-8-16(13-33)38-20/h3-9,11,18-19,21-22,33H,1,10,12-13H2,2H3/t18-,19+,21-,22+,27+,28-/m0/s1. The largest absolute Gasteiger partial charge is 0.463 e. The molecule has 2 aliphatic carbocycles. The number of hydrogen-bond donors (Lipinski definition) is 1. The van der Waals surface area contributed by atoms with Crippen molar-refractivity contribution in [3.63, 3.8) is 0 Å². The quantitative estimate of drug-likeness (QED) is 0.351. The number of aliphatic hydroxyl groups is 1. The van der Waals surface area contributed by atoms with E-state index in [2.05, 4.69) is 6.58 Å². The minimum absolute atomic E-state index is 0.0910. The number of nitrogens with zero attached hydrogens (tertiary/aromatic N) is 2. The Hall–Kier alpha value is -3.20. The smallest absolute Gasteiger partial charge is 0.253 e. The fourth-order valence-corrected chi connectivity index (χ4v) is 7.71. The van der Waals surface area contributed by atoms with E-state index in [0.717, 1.165) is 10.5 Å². The molecule has 1 aromatic carbocycles. The van der Waals surface area contributed by atoms with Gasteiger partial charge in [-0.1, -0.05) is 36.4 Å². The number of rotatable bonds is 4. The van der Waals surface area contributed by atoms with Crippen LogP contribution in [0.25, 0.3) is 6.08 Å². The summed E-state index contributed by atoms with van der Waals surface area (Å²) >= 11 is 14.1. The van der Waals surface area contributed by atoms with E-state index >= 15 is 0 Å². The molecule has 0 radical (unpaired) electrons. The van der Waals surface area contributed by atoms with Crippen LogP contribution in [0.4, 0.5) is 5.69 Å². The SMILES string of the molecule is C=Cc1ccc(N2C(=O)[C@H]3[C@H](CC=C4[C@H]3C[C@@]3(Cl)C(=O)N(C)C(=O)[C@@]3(Cl)[C@H]4c3ccc(CO)o3)C2=O)cc1. The third kappa shape index (κ3) is 3.02. The van der Waals surface area contributed by atoms with Crippen LogP contribution in [0.3, 0.4) is 0 Å². The van der Waals surface area contributed by atoms with Crippen LogP contribution in [-0.4, -0.2) is 50.4 Å². The number of alkyl halides is 2. The molecule has 0 bridgehead atoms. The van der Waals surface area contributed by atoms with Crippen LogP contribution in [0.2, 0.25) is 0 Å². The lowest BCUT2D eigenvalue weighted by Gasteiger charge is -2.49. The first-order valence-corrected chi connectivity index (χ1v) is 13.0. The van der Waals surface area contributed by atoms with Gasteiger partial charge in [0.1, 0.15) is 18.1 Å². The molecule has 2 saturated heterocycles. The molecule has 6 atom stereocenters. The van der Waals surface area contributed by atoms with Gasteiger partial charge in [-0.05, 0) is 48.6 Å². The van der Waals surface area contributed by atoms with E-state index in [-0.39, 0.29) is 42.8 Å². The van der Waals surface area contributed by atoms with Crippen molar-refractivity contribution in [2.75, 3.05) is 11.9 Å². The Labute approximate surface area is 228 Å². The van der Waals surface area contributed by atoms with Crippen molar-refractivity contribution in [1.29, 1.82) is 0 Å². The monoisotopic (exact) mass is 554 g/mol. The van der Waals surface area contributed by atoms with E-state index in [9.17, 15) is 24.3 Å². The van der Waals surface area contributed by atoms with E-state index in [1.54, 1.807) is 42.5 Å². The molecule has 3 fully saturated rings. The van der Waals surface area contributed by atoms with E-state index in [1.165, 1.54) is 11.9 Å². The maximum atomic E-state index is 13.9. The molecule has 4 aliphatic rings. The van der Waals surface area contributed by atoms with Crippen LogP contribution in [0.1, 0.15) is 35.8 Å². The molecule has 2 aliphatic heterocycles. The topological polar surface area (TPSA) is 108 Å². The van der Waals surface area contributed by atoms with Gasteiger partial charge >= 0.3 is 0 Å². The van der Waals surface area contributed by atoms with E-state index < -0.39 is 45.2 Å². The molecule has 196 valence electrons. The summed E-state index contributed by atoms with van der Waals surface area (Å²) in [5, 5.41) is 9.59. The first kappa shape index (κ1) is 25.1. The third-order valence-electron chi connectivity index (χ3n) is 8.52. The Balaban J connectivity index is 1.48. The molecular weight excluding hydrogens is 531 g/mol. The number of carbonyl (C=O) groups excluding carboxylic acids is 4. The van der Waals surface area contributed by atoms with Crippen LogP contribution < -0.4 is 4.90 Å². The highest BCUT2D eigenvalue weighted by Crippen LogP contribution is 2.65. The summed E-state index contributed by atoms with van der Waals surface area (Å²) in [4.78, 5) is 52.7. The van der Waals surface area contributed by atoms with Crippen molar-refractivity contribution >= 4 is 58.6 Å². The molecule has 1 N–H and O–H groups in total. The van der Waals surface area contributed by atoms with Crippen molar-refractivity contribution in [3.8, 4) is 0 Å². The summed E-state index contributed by atoms with van der Waals surface area (Å²) in [5.41, 5.74) is 1.94. The zero-order chi connectivity index (χ0) is 27.1. The first-order chi connectivity index (χ1) is 18.1. The van der Waals surface area contributed by atoms with Crippen LogP contribution >= 0.6 is 23.2 Å². The van der Waals surface area contributed by atoms with Crippen molar-refractivity contribution in [2.45, 2.75) is 35.1 Å². The zero-order valence-corrected chi connectivity index (χ0v) is 21.9. The fraction of sp³-hybridized carbons (Fsp3) is 0.357. The molecule has 38 heavy (non-hydrogen) atoms. The predicted octanol–water partition coefficient (Wildman–Crippen LogP) is 3.61. The van der Waals surface area contributed by atoms with Gasteiger partial charge in [-0.2, -0.15) is 0 Å². The average molecular weight is 555 g/mol. The molecule has 3 heterocycles. The minimum atomic E-state index is -1.91.